The predicted molar refractivity (Wildman–Crippen MR) is 82.5 cm³/mol. The molecule has 1 aliphatic heterocycles. The molecule has 5 atom stereocenters. The molecule has 0 radical (unpaired) electrons. The Labute approximate surface area is 143 Å². The van der Waals surface area contributed by atoms with Gasteiger partial charge in [-0.1, -0.05) is 0 Å². The summed E-state index contributed by atoms with van der Waals surface area (Å²) < 4.78 is 29.2. The van der Waals surface area contributed by atoms with Gasteiger partial charge in [0.05, 0.1) is 6.33 Å². The van der Waals surface area contributed by atoms with Gasteiger partial charge in [-0.25, -0.2) is 28.5 Å². The van der Waals surface area contributed by atoms with E-state index in [1.54, 1.807) is 0 Å². The molecule has 2 aromatic rings. The molecule has 1 unspecified atom stereocenters. The second-order valence-corrected chi connectivity index (χ2v) is 7.52. The average molecular weight is 425 g/mol. The summed E-state index contributed by atoms with van der Waals surface area (Å²) in [5, 5.41) is 34.7. The number of halogens is 1. The molecule has 3 heterocycles. The maximum Gasteiger partial charge on any atom is 0.238 e. The minimum absolute atomic E-state index is 0.0692. The lowest BCUT2D eigenvalue weighted by Crippen LogP contribution is -2.45. The molecule has 12 nitrogen and oxygen atoms in total. The topological polar surface area (TPSA) is 200 Å². The first-order valence-corrected chi connectivity index (χ1v) is 8.88. The number of hydrogen-bond donors (Lipinski definition) is 5. The Kier molecular flexibility index (Phi) is 4.23. The van der Waals surface area contributed by atoms with Gasteiger partial charge in [0.2, 0.25) is 14.8 Å². The van der Waals surface area contributed by atoms with E-state index in [2.05, 4.69) is 30.9 Å². The molecule has 0 bridgehead atoms. The van der Waals surface area contributed by atoms with Crippen molar-refractivity contribution in [1.29, 1.82) is 0 Å². The third-order valence-corrected chi connectivity index (χ3v) is 4.88. The Bertz CT molecular complexity index is 889. The van der Waals surface area contributed by atoms with E-state index in [0.29, 0.717) is 0 Å². The Morgan fingerprint density at radius 3 is 2.62 bits per heavy atom. The number of nitrogens with zero attached hydrogens (tertiary/aromatic N) is 4. The van der Waals surface area contributed by atoms with E-state index < -0.39 is 40.0 Å². The van der Waals surface area contributed by atoms with Crippen LogP contribution in [-0.2, 0) is 14.8 Å². The molecule has 7 N–H and O–H groups in total. The summed E-state index contributed by atoms with van der Waals surface area (Å²) in [6.07, 6.45) is -4.97. The first kappa shape index (κ1) is 17.4. The quantitative estimate of drug-likeness (QED) is 0.325. The number of aromatic nitrogens is 4. The second-order valence-electron chi connectivity index (χ2n) is 5.15. The van der Waals surface area contributed by atoms with Gasteiger partial charge in [0.25, 0.3) is 0 Å². The first-order chi connectivity index (χ1) is 11.1. The third kappa shape index (κ3) is 2.75. The highest BCUT2D eigenvalue weighted by Gasteiger charge is 2.50. The Hall–Kier alpha value is -1.42. The standard InChI is InChI=1S/C10H13BrN6O6S/c11-10-15-6(12)2-7(16-10)17(1-14-2)8-4(19)3(18)5(23-8)9(20)24(13,21)22/h1,3-5,8-9,18-20H,(H2,12,15,16)(H2,13,21,22)/t3-,4+,5-,8+,9?/m0/s1. The zero-order valence-corrected chi connectivity index (χ0v) is 14.2. The summed E-state index contributed by atoms with van der Waals surface area (Å²) in [7, 11) is -4.41. The van der Waals surface area contributed by atoms with Crippen molar-refractivity contribution in [3.8, 4) is 0 Å². The summed E-state index contributed by atoms with van der Waals surface area (Å²) in [4.78, 5) is 11.9. The lowest BCUT2D eigenvalue weighted by atomic mass is 10.1. The van der Waals surface area contributed by atoms with Gasteiger partial charge in [-0.15, -0.1) is 0 Å². The van der Waals surface area contributed by atoms with E-state index in [0.717, 1.165) is 0 Å². The zero-order chi connectivity index (χ0) is 17.8. The molecule has 1 aliphatic rings. The van der Waals surface area contributed by atoms with E-state index in [9.17, 15) is 23.7 Å². The number of imidazole rings is 1. The van der Waals surface area contributed by atoms with Crippen LogP contribution in [0.1, 0.15) is 6.23 Å². The number of fused-ring (bicyclic) bond motifs is 1. The van der Waals surface area contributed by atoms with Gasteiger partial charge in [-0.3, -0.25) is 4.57 Å². The molecule has 3 rings (SSSR count). The number of aliphatic hydroxyl groups excluding tert-OH is 3. The SMILES string of the molecule is Nc1nc(Br)nc2c1ncn2[C@@H]1O[C@H](C(O)S(N)(=O)=O)[C@@H](O)[C@H]1O. The predicted octanol–water partition coefficient (Wildman–Crippen LogP) is -2.60. The van der Waals surface area contributed by atoms with Crippen molar-refractivity contribution in [2.24, 2.45) is 5.14 Å². The Morgan fingerprint density at radius 1 is 1.33 bits per heavy atom. The number of anilines is 1. The van der Waals surface area contributed by atoms with Crippen LogP contribution in [0, 0.1) is 0 Å². The van der Waals surface area contributed by atoms with E-state index in [1.165, 1.54) is 10.9 Å². The van der Waals surface area contributed by atoms with Gasteiger partial charge in [0.15, 0.2) is 23.1 Å². The van der Waals surface area contributed by atoms with Gasteiger partial charge < -0.3 is 25.8 Å². The molecule has 1 fully saturated rings. The molecule has 0 aliphatic carbocycles. The van der Waals surface area contributed by atoms with Crippen LogP contribution in [0.15, 0.2) is 11.1 Å². The minimum Gasteiger partial charge on any atom is -0.387 e. The number of rotatable bonds is 3. The van der Waals surface area contributed by atoms with Crippen LogP contribution >= 0.6 is 15.9 Å². The number of primary sulfonamides is 1. The molecule has 2 aromatic heterocycles. The van der Waals surface area contributed by atoms with Crippen molar-refractivity contribution < 1.29 is 28.5 Å². The van der Waals surface area contributed by atoms with E-state index in [1.807, 2.05) is 0 Å². The van der Waals surface area contributed by atoms with Crippen LogP contribution in [0.2, 0.25) is 0 Å². The van der Waals surface area contributed by atoms with E-state index >= 15 is 0 Å². The Morgan fingerprint density at radius 2 is 2.00 bits per heavy atom. The Balaban J connectivity index is 2.02. The maximum atomic E-state index is 11.3. The van der Waals surface area contributed by atoms with Crippen LogP contribution in [0.25, 0.3) is 11.2 Å². The van der Waals surface area contributed by atoms with Gasteiger partial charge >= 0.3 is 0 Å². The second kappa shape index (κ2) is 5.83. The van der Waals surface area contributed by atoms with Gasteiger partial charge in [0.1, 0.15) is 23.8 Å². The van der Waals surface area contributed by atoms with E-state index in [4.69, 9.17) is 15.6 Å². The molecule has 14 heteroatoms. The summed E-state index contributed by atoms with van der Waals surface area (Å²) in [6, 6.07) is 0. The molecule has 132 valence electrons. The lowest BCUT2D eigenvalue weighted by molar-refractivity contribution is -0.0615. The van der Waals surface area contributed by atoms with Gasteiger partial charge in [-0.05, 0) is 15.9 Å². The van der Waals surface area contributed by atoms with Crippen molar-refractivity contribution in [3.63, 3.8) is 0 Å². The zero-order valence-electron chi connectivity index (χ0n) is 11.8. The summed E-state index contributed by atoms with van der Waals surface area (Å²) in [5.74, 6) is 0.0692. The molecular formula is C10H13BrN6O6S. The monoisotopic (exact) mass is 424 g/mol. The number of nitrogens with two attached hydrogens (primary N) is 2. The molecule has 0 saturated carbocycles. The largest absolute Gasteiger partial charge is 0.387 e. The fourth-order valence-corrected chi connectivity index (χ4v) is 3.39. The van der Waals surface area contributed by atoms with Crippen molar-refractivity contribution >= 4 is 42.9 Å². The van der Waals surface area contributed by atoms with Crippen molar-refractivity contribution in [2.75, 3.05) is 5.73 Å². The van der Waals surface area contributed by atoms with Gasteiger partial charge in [0, 0.05) is 0 Å². The number of sulfonamides is 1. The van der Waals surface area contributed by atoms with Gasteiger partial charge in [-0.2, -0.15) is 0 Å². The maximum absolute atomic E-state index is 11.3. The molecule has 1 saturated heterocycles. The molecule has 0 spiro atoms. The number of aliphatic hydroxyl groups is 3. The third-order valence-electron chi connectivity index (χ3n) is 3.59. The minimum atomic E-state index is -4.41. The molecule has 0 amide bonds. The normalized spacial score (nSPS) is 29.2. The summed E-state index contributed by atoms with van der Waals surface area (Å²) in [5.41, 5.74) is 3.90. The lowest BCUT2D eigenvalue weighted by Gasteiger charge is -2.19. The highest BCUT2D eigenvalue weighted by Crippen LogP contribution is 2.34. The smallest absolute Gasteiger partial charge is 0.238 e. The van der Waals surface area contributed by atoms with Crippen molar-refractivity contribution in [2.45, 2.75) is 30.0 Å². The summed E-state index contributed by atoms with van der Waals surface area (Å²) >= 11 is 3.07. The van der Waals surface area contributed by atoms with Crippen LogP contribution in [0.4, 0.5) is 5.82 Å². The highest BCUT2D eigenvalue weighted by molar-refractivity contribution is 9.10. The fraction of sp³-hybridized carbons (Fsp3) is 0.500. The summed E-state index contributed by atoms with van der Waals surface area (Å²) in [6.45, 7) is 0. The van der Waals surface area contributed by atoms with Crippen LogP contribution in [0.3, 0.4) is 0 Å². The first-order valence-electron chi connectivity index (χ1n) is 6.48. The number of hydrogen-bond acceptors (Lipinski definition) is 10. The van der Waals surface area contributed by atoms with E-state index in [-0.39, 0.29) is 21.7 Å². The fourth-order valence-electron chi connectivity index (χ4n) is 2.43. The van der Waals surface area contributed by atoms with Crippen LogP contribution in [0.5, 0.6) is 0 Å². The molecular weight excluding hydrogens is 412 g/mol. The van der Waals surface area contributed by atoms with Crippen LogP contribution < -0.4 is 10.9 Å². The number of ether oxygens (including phenoxy) is 1. The van der Waals surface area contributed by atoms with Crippen LogP contribution in [-0.4, -0.2) is 67.0 Å². The number of nitrogen functional groups attached to an aromatic ring is 1. The average Bonchev–Trinajstić information content (AvgIpc) is 3.00. The van der Waals surface area contributed by atoms with Crippen molar-refractivity contribution in [3.05, 3.63) is 11.1 Å². The highest BCUT2D eigenvalue weighted by atomic mass is 79.9. The van der Waals surface area contributed by atoms with Crippen molar-refractivity contribution in [1.82, 2.24) is 19.5 Å². The molecule has 24 heavy (non-hydrogen) atoms. The molecule has 0 aromatic carbocycles.